The molecule has 0 fully saturated rings. The Morgan fingerprint density at radius 2 is 0.885 bits per heavy atom. The second-order valence-corrected chi connectivity index (χ2v) is 16.8. The number of fused-ring (bicyclic) bond motifs is 7. The van der Waals surface area contributed by atoms with Crippen molar-refractivity contribution >= 4 is 63.8 Å². The summed E-state index contributed by atoms with van der Waals surface area (Å²) in [6.45, 7) is 0. The van der Waals surface area contributed by atoms with Gasteiger partial charge >= 0.3 is 0 Å². The van der Waals surface area contributed by atoms with Gasteiger partial charge in [0.15, 0.2) is 5.82 Å². The molecule has 0 aliphatic heterocycles. The van der Waals surface area contributed by atoms with E-state index in [0.717, 1.165) is 39.2 Å². The molecule has 0 radical (unpaired) electrons. The van der Waals surface area contributed by atoms with Crippen LogP contribution in [0.2, 0.25) is 0 Å². The van der Waals surface area contributed by atoms with E-state index in [1.54, 1.807) is 0 Å². The van der Waals surface area contributed by atoms with Crippen molar-refractivity contribution in [3.8, 4) is 67.3 Å². The molecule has 0 amide bonds. The zero-order chi connectivity index (χ0) is 40.3. The minimum Gasteiger partial charge on any atom is -0.228 e. The van der Waals surface area contributed by atoms with Crippen molar-refractivity contribution in [3.05, 3.63) is 218 Å². The van der Waals surface area contributed by atoms with E-state index in [0.29, 0.717) is 5.82 Å². The predicted molar refractivity (Wildman–Crippen MR) is 260 cm³/mol. The highest BCUT2D eigenvalue weighted by molar-refractivity contribution is 7.25. The van der Waals surface area contributed by atoms with Gasteiger partial charge in [-0.05, 0) is 102 Å². The molecule has 0 saturated carbocycles. The normalized spacial score (nSPS) is 11.6. The molecule has 0 aliphatic carbocycles. The summed E-state index contributed by atoms with van der Waals surface area (Å²) < 4.78 is 2.62. The van der Waals surface area contributed by atoms with Crippen molar-refractivity contribution in [3.63, 3.8) is 0 Å². The lowest BCUT2D eigenvalue weighted by molar-refractivity contribution is 1.18. The minimum absolute atomic E-state index is 0.703. The molecular weight excluding hydrogens is 757 g/mol. The molecule has 2 aromatic heterocycles. The van der Waals surface area contributed by atoms with Crippen molar-refractivity contribution in [2.45, 2.75) is 0 Å². The maximum Gasteiger partial charge on any atom is 0.160 e. The van der Waals surface area contributed by atoms with Crippen LogP contribution in [-0.4, -0.2) is 9.97 Å². The number of rotatable bonds is 6. The number of nitrogens with zero attached hydrogens (tertiary/aromatic N) is 2. The Hall–Kier alpha value is -7.72. The van der Waals surface area contributed by atoms with Crippen LogP contribution in [0.5, 0.6) is 0 Å². The molecule has 2 nitrogen and oxygen atoms in total. The molecule has 10 aromatic carbocycles. The van der Waals surface area contributed by atoms with Crippen molar-refractivity contribution in [1.82, 2.24) is 9.97 Å². The van der Waals surface area contributed by atoms with Crippen molar-refractivity contribution in [2.24, 2.45) is 0 Å². The van der Waals surface area contributed by atoms with Crippen LogP contribution in [0.25, 0.3) is 120 Å². The average molecular weight is 793 g/mol. The van der Waals surface area contributed by atoms with Crippen molar-refractivity contribution < 1.29 is 0 Å². The SMILES string of the molecule is c1ccc(-c2nc(-c3ccc(-c4cccc5sc6ccccc6c45)cc3)cc(-c3cccc(-c4cccc(-c5c6ccccc6cc6c5ccc5ccccc56)c4)c3)n2)cc1. The van der Waals surface area contributed by atoms with Gasteiger partial charge in [-0.3, -0.25) is 0 Å². The molecule has 0 saturated heterocycles. The van der Waals surface area contributed by atoms with Crippen LogP contribution in [0.15, 0.2) is 218 Å². The molecule has 0 bridgehead atoms. The molecule has 61 heavy (non-hydrogen) atoms. The fourth-order valence-electron chi connectivity index (χ4n) is 9.14. The highest BCUT2D eigenvalue weighted by Crippen LogP contribution is 2.42. The molecule has 0 atom stereocenters. The Labute approximate surface area is 357 Å². The molecule has 0 spiro atoms. The Balaban J connectivity index is 0.954. The van der Waals surface area contributed by atoms with E-state index in [-0.39, 0.29) is 0 Å². The van der Waals surface area contributed by atoms with Crippen LogP contribution < -0.4 is 0 Å². The summed E-state index contributed by atoms with van der Waals surface area (Å²) in [7, 11) is 0. The van der Waals surface area contributed by atoms with Crippen molar-refractivity contribution in [1.29, 1.82) is 0 Å². The number of aromatic nitrogens is 2. The van der Waals surface area contributed by atoms with E-state index in [2.05, 4.69) is 200 Å². The van der Waals surface area contributed by atoms with E-state index in [1.807, 2.05) is 29.5 Å². The van der Waals surface area contributed by atoms with Gasteiger partial charge in [-0.1, -0.05) is 182 Å². The summed E-state index contributed by atoms with van der Waals surface area (Å²) in [6, 6.07) is 78.8. The Morgan fingerprint density at radius 3 is 1.70 bits per heavy atom. The first-order chi connectivity index (χ1) is 30.2. The van der Waals surface area contributed by atoms with Gasteiger partial charge in [0, 0.05) is 36.9 Å². The molecule has 12 aromatic rings. The van der Waals surface area contributed by atoms with Gasteiger partial charge in [0.25, 0.3) is 0 Å². The Morgan fingerprint density at radius 1 is 0.295 bits per heavy atom. The summed E-state index contributed by atoms with van der Waals surface area (Å²) >= 11 is 1.85. The van der Waals surface area contributed by atoms with Crippen LogP contribution >= 0.6 is 11.3 Å². The summed E-state index contributed by atoms with van der Waals surface area (Å²) in [5.74, 6) is 0.703. The number of hydrogen-bond donors (Lipinski definition) is 0. The number of hydrogen-bond acceptors (Lipinski definition) is 3. The third kappa shape index (κ3) is 6.18. The van der Waals surface area contributed by atoms with Crippen LogP contribution in [0.4, 0.5) is 0 Å². The molecular formula is C58H36N2S. The fourth-order valence-corrected chi connectivity index (χ4v) is 10.3. The molecule has 3 heteroatoms. The van der Waals surface area contributed by atoms with Gasteiger partial charge in [0.05, 0.1) is 11.4 Å². The third-order valence-electron chi connectivity index (χ3n) is 12.1. The first-order valence-electron chi connectivity index (χ1n) is 20.7. The summed E-state index contributed by atoms with van der Waals surface area (Å²) in [5.41, 5.74) is 12.0. The van der Waals surface area contributed by atoms with Gasteiger partial charge < -0.3 is 0 Å². The van der Waals surface area contributed by atoms with Gasteiger partial charge in [-0.25, -0.2) is 9.97 Å². The van der Waals surface area contributed by atoms with E-state index in [1.165, 1.54) is 74.7 Å². The fraction of sp³-hybridized carbons (Fsp3) is 0. The molecule has 0 aliphatic rings. The van der Waals surface area contributed by atoms with Crippen LogP contribution in [0, 0.1) is 0 Å². The molecule has 12 rings (SSSR count). The van der Waals surface area contributed by atoms with Crippen molar-refractivity contribution in [2.75, 3.05) is 0 Å². The quantitative estimate of drug-likeness (QED) is 0.124. The average Bonchev–Trinajstić information content (AvgIpc) is 3.73. The van der Waals surface area contributed by atoms with Gasteiger partial charge in [0.1, 0.15) is 0 Å². The highest BCUT2D eigenvalue weighted by atomic mass is 32.1. The summed E-state index contributed by atoms with van der Waals surface area (Å²) in [4.78, 5) is 10.4. The predicted octanol–water partition coefficient (Wildman–Crippen LogP) is 16.3. The van der Waals surface area contributed by atoms with E-state index in [9.17, 15) is 0 Å². The third-order valence-corrected chi connectivity index (χ3v) is 13.2. The van der Waals surface area contributed by atoms with Crippen LogP contribution in [0.3, 0.4) is 0 Å². The maximum absolute atomic E-state index is 5.20. The summed E-state index contributed by atoms with van der Waals surface area (Å²) in [5, 5.41) is 10.2. The topological polar surface area (TPSA) is 25.8 Å². The molecule has 2 heterocycles. The largest absolute Gasteiger partial charge is 0.228 e. The highest BCUT2D eigenvalue weighted by Gasteiger charge is 2.16. The minimum atomic E-state index is 0.703. The first-order valence-corrected chi connectivity index (χ1v) is 21.5. The lowest BCUT2D eigenvalue weighted by Gasteiger charge is -2.15. The van der Waals surface area contributed by atoms with E-state index >= 15 is 0 Å². The van der Waals surface area contributed by atoms with Crippen LogP contribution in [0.1, 0.15) is 0 Å². The lowest BCUT2D eigenvalue weighted by Crippen LogP contribution is -1.96. The Kier molecular flexibility index (Phi) is 8.39. The second kappa shape index (κ2) is 14.5. The van der Waals surface area contributed by atoms with Crippen LogP contribution in [-0.2, 0) is 0 Å². The number of benzene rings is 10. The van der Waals surface area contributed by atoms with E-state index < -0.39 is 0 Å². The monoisotopic (exact) mass is 792 g/mol. The molecule has 0 N–H and O–H groups in total. The maximum atomic E-state index is 5.20. The first kappa shape index (κ1) is 35.2. The van der Waals surface area contributed by atoms with Gasteiger partial charge in [-0.2, -0.15) is 0 Å². The smallest absolute Gasteiger partial charge is 0.160 e. The van der Waals surface area contributed by atoms with E-state index in [4.69, 9.17) is 9.97 Å². The number of thiophene rings is 1. The standard InChI is InChI=1S/C58H36N2S/c1-2-14-40(15-3-1)58-59-52(39-29-27-38(28-30-39)47-24-12-26-55-57(47)50-23-8-9-25-54(50)61-55)36-53(60-58)44-19-10-17-41(33-44)42-18-11-20-45(34-42)56-48-22-7-5-16-43(48)35-51-46-21-6-4-13-37(46)31-32-49(51)56/h1-36H. The molecule has 0 unspecified atom stereocenters. The zero-order valence-electron chi connectivity index (χ0n) is 33.1. The second-order valence-electron chi connectivity index (χ2n) is 15.7. The molecule has 284 valence electrons. The zero-order valence-corrected chi connectivity index (χ0v) is 33.9. The van der Waals surface area contributed by atoms with Gasteiger partial charge in [-0.15, -0.1) is 11.3 Å². The summed E-state index contributed by atoms with van der Waals surface area (Å²) in [6.07, 6.45) is 0. The van der Waals surface area contributed by atoms with Gasteiger partial charge in [0.2, 0.25) is 0 Å². The lowest BCUT2D eigenvalue weighted by atomic mass is 9.88. The Bertz CT molecular complexity index is 3640.